The van der Waals surface area contributed by atoms with Gasteiger partial charge in [0, 0.05) is 18.4 Å². The second kappa shape index (κ2) is 8.38. The third-order valence-electron chi connectivity index (χ3n) is 2.89. The van der Waals surface area contributed by atoms with Crippen LogP contribution in [0.25, 0.3) is 0 Å². The van der Waals surface area contributed by atoms with E-state index in [1.807, 2.05) is 48.5 Å². The number of hydrogen-bond acceptors (Lipinski definition) is 6. The number of methoxy groups -OCH3 is 1. The lowest BCUT2D eigenvalue weighted by atomic mass is 10.2. The Bertz CT molecular complexity index is 641. The number of hydrogen-bond donors (Lipinski definition) is 1. The Kier molecular flexibility index (Phi) is 5.93. The van der Waals surface area contributed by atoms with Gasteiger partial charge in [0.25, 0.3) is 6.47 Å². The van der Waals surface area contributed by atoms with Gasteiger partial charge >= 0.3 is 0 Å². The maximum atomic E-state index is 10.1. The number of carbonyl (C=O) groups is 1. The molecule has 0 unspecified atom stereocenters. The fourth-order valence-electron chi connectivity index (χ4n) is 1.74. The first-order chi connectivity index (χ1) is 11.2. The number of ether oxygens (including phenoxy) is 2. The fourth-order valence-corrected chi connectivity index (χ4v) is 1.74. The summed E-state index contributed by atoms with van der Waals surface area (Å²) in [4.78, 5) is 10.1. The first-order valence-corrected chi connectivity index (χ1v) is 6.90. The number of anilines is 2. The molecule has 0 aliphatic rings. The number of carbonyl (C=O) groups excluding carboxylic acids is 1. The highest BCUT2D eigenvalue weighted by Crippen LogP contribution is 2.22. The zero-order chi connectivity index (χ0) is 16.5. The van der Waals surface area contributed by atoms with Gasteiger partial charge in [-0.2, -0.15) is 0 Å². The van der Waals surface area contributed by atoms with Gasteiger partial charge in [0.15, 0.2) is 6.73 Å². The minimum absolute atomic E-state index is 0.0596. The highest BCUT2D eigenvalue weighted by molar-refractivity contribution is 5.62. The van der Waals surface area contributed by atoms with Crippen molar-refractivity contribution < 1.29 is 14.3 Å². The van der Waals surface area contributed by atoms with Crippen LogP contribution in [0, 0.1) is 0 Å². The molecule has 23 heavy (non-hydrogen) atoms. The molecule has 1 N–H and O–H groups in total. The molecule has 0 fully saturated rings. The van der Waals surface area contributed by atoms with E-state index < -0.39 is 0 Å². The molecule has 7 heteroatoms. The standard InChI is InChI=1S/C16H18N4O3/c1-20(11-23-12-21)19-18-15-5-3-13(4-6-15)17-14-7-9-16(22-2)10-8-14/h3-10,12,17H,11H2,1-2H3/b19-18+. The summed E-state index contributed by atoms with van der Waals surface area (Å²) in [6, 6.07) is 15.1. The molecule has 0 radical (unpaired) electrons. The van der Waals surface area contributed by atoms with Crippen LogP contribution in [0.15, 0.2) is 58.9 Å². The fraction of sp³-hybridized carbons (Fsp3) is 0.188. The van der Waals surface area contributed by atoms with Gasteiger partial charge in [-0.05, 0) is 48.5 Å². The third kappa shape index (κ3) is 5.31. The summed E-state index contributed by atoms with van der Waals surface area (Å²) >= 11 is 0. The smallest absolute Gasteiger partial charge is 0.294 e. The highest BCUT2D eigenvalue weighted by Gasteiger charge is 1.97. The third-order valence-corrected chi connectivity index (χ3v) is 2.89. The molecule has 0 spiro atoms. The molecule has 0 aliphatic carbocycles. The van der Waals surface area contributed by atoms with Gasteiger partial charge in [0.1, 0.15) is 5.75 Å². The Balaban J connectivity index is 1.93. The van der Waals surface area contributed by atoms with Crippen molar-refractivity contribution in [3.8, 4) is 5.75 Å². The van der Waals surface area contributed by atoms with Gasteiger partial charge < -0.3 is 14.8 Å². The number of nitrogens with zero attached hydrogens (tertiary/aromatic N) is 3. The largest absolute Gasteiger partial charge is 0.497 e. The van der Waals surface area contributed by atoms with E-state index >= 15 is 0 Å². The van der Waals surface area contributed by atoms with E-state index in [9.17, 15) is 4.79 Å². The van der Waals surface area contributed by atoms with Crippen LogP contribution >= 0.6 is 0 Å². The first kappa shape index (κ1) is 16.3. The molecule has 0 aliphatic heterocycles. The molecule has 0 atom stereocenters. The zero-order valence-electron chi connectivity index (χ0n) is 13.0. The van der Waals surface area contributed by atoms with Crippen LogP contribution in [-0.4, -0.2) is 32.4 Å². The normalized spacial score (nSPS) is 10.3. The summed E-state index contributed by atoms with van der Waals surface area (Å²) in [5.41, 5.74) is 2.60. The highest BCUT2D eigenvalue weighted by atomic mass is 16.5. The predicted molar refractivity (Wildman–Crippen MR) is 87.0 cm³/mol. The maximum Gasteiger partial charge on any atom is 0.294 e. The Labute approximate surface area is 134 Å². The maximum absolute atomic E-state index is 10.1. The summed E-state index contributed by atoms with van der Waals surface area (Å²) in [7, 11) is 3.30. The second-order valence-electron chi connectivity index (χ2n) is 4.64. The van der Waals surface area contributed by atoms with Crippen LogP contribution in [0.4, 0.5) is 17.1 Å². The van der Waals surface area contributed by atoms with Crippen molar-refractivity contribution in [2.24, 2.45) is 10.3 Å². The number of nitrogens with one attached hydrogen (secondary N) is 1. The van der Waals surface area contributed by atoms with E-state index in [1.165, 1.54) is 5.01 Å². The summed E-state index contributed by atoms with van der Waals surface area (Å²) in [6.07, 6.45) is 0. The second-order valence-corrected chi connectivity index (χ2v) is 4.64. The van der Waals surface area contributed by atoms with Gasteiger partial charge in [-0.3, -0.25) is 4.79 Å². The van der Waals surface area contributed by atoms with E-state index in [1.54, 1.807) is 14.2 Å². The zero-order valence-corrected chi connectivity index (χ0v) is 13.0. The quantitative estimate of drug-likeness (QED) is 0.349. The van der Waals surface area contributed by atoms with Crippen LogP contribution in [-0.2, 0) is 9.53 Å². The molecule has 7 nitrogen and oxygen atoms in total. The molecule has 0 saturated heterocycles. The topological polar surface area (TPSA) is 75.5 Å². The summed E-state index contributed by atoms with van der Waals surface area (Å²) in [6.45, 7) is 0.426. The lowest BCUT2D eigenvalue weighted by Gasteiger charge is -2.09. The summed E-state index contributed by atoms with van der Waals surface area (Å²) < 4.78 is 9.68. The van der Waals surface area contributed by atoms with Gasteiger partial charge in [0.2, 0.25) is 0 Å². The average molecular weight is 314 g/mol. The van der Waals surface area contributed by atoms with Crippen molar-refractivity contribution in [1.29, 1.82) is 0 Å². The predicted octanol–water partition coefficient (Wildman–Crippen LogP) is 3.50. The van der Waals surface area contributed by atoms with E-state index in [4.69, 9.17) is 4.74 Å². The van der Waals surface area contributed by atoms with Gasteiger partial charge in [-0.1, -0.05) is 5.22 Å². The molecule has 0 bridgehead atoms. The van der Waals surface area contributed by atoms with E-state index in [2.05, 4.69) is 20.4 Å². The van der Waals surface area contributed by atoms with Crippen molar-refractivity contribution in [1.82, 2.24) is 5.01 Å². The van der Waals surface area contributed by atoms with E-state index in [0.717, 1.165) is 17.1 Å². The Morgan fingerprint density at radius 3 is 2.26 bits per heavy atom. The molecule has 2 aromatic carbocycles. The Morgan fingerprint density at radius 2 is 1.70 bits per heavy atom. The van der Waals surface area contributed by atoms with Gasteiger partial charge in [0.05, 0.1) is 12.8 Å². The van der Waals surface area contributed by atoms with Crippen LogP contribution in [0.1, 0.15) is 0 Å². The van der Waals surface area contributed by atoms with Crippen LogP contribution < -0.4 is 10.1 Å². The van der Waals surface area contributed by atoms with E-state index in [0.29, 0.717) is 12.2 Å². The Morgan fingerprint density at radius 1 is 1.09 bits per heavy atom. The molecule has 0 amide bonds. The van der Waals surface area contributed by atoms with Crippen molar-refractivity contribution in [3.05, 3.63) is 48.5 Å². The lowest BCUT2D eigenvalue weighted by molar-refractivity contribution is -0.132. The van der Waals surface area contributed by atoms with Gasteiger partial charge in [-0.15, -0.1) is 5.11 Å². The number of rotatable bonds is 8. The van der Waals surface area contributed by atoms with E-state index in [-0.39, 0.29) is 6.73 Å². The molecular weight excluding hydrogens is 296 g/mol. The summed E-state index contributed by atoms with van der Waals surface area (Å²) in [5.74, 6) is 0.814. The SMILES string of the molecule is COc1ccc(Nc2ccc(/N=N/N(C)COC=O)cc2)cc1. The van der Waals surface area contributed by atoms with Crippen LogP contribution in [0.2, 0.25) is 0 Å². The first-order valence-electron chi connectivity index (χ1n) is 6.90. The molecule has 2 rings (SSSR count). The van der Waals surface area contributed by atoms with Gasteiger partial charge in [-0.25, -0.2) is 5.01 Å². The Hall–Kier alpha value is -3.09. The molecule has 0 saturated carbocycles. The van der Waals surface area contributed by atoms with Crippen LogP contribution in [0.3, 0.4) is 0 Å². The minimum atomic E-state index is 0.0596. The lowest BCUT2D eigenvalue weighted by Crippen LogP contribution is -2.13. The van der Waals surface area contributed by atoms with Crippen molar-refractivity contribution in [2.45, 2.75) is 0 Å². The average Bonchev–Trinajstić information content (AvgIpc) is 2.60. The summed E-state index contributed by atoms with van der Waals surface area (Å²) in [5, 5.41) is 12.6. The van der Waals surface area contributed by atoms with Crippen molar-refractivity contribution in [3.63, 3.8) is 0 Å². The van der Waals surface area contributed by atoms with Crippen molar-refractivity contribution in [2.75, 3.05) is 26.2 Å². The molecular formula is C16H18N4O3. The molecule has 2 aromatic rings. The molecule has 0 heterocycles. The molecule has 120 valence electrons. The molecule has 0 aromatic heterocycles. The monoisotopic (exact) mass is 314 g/mol. The number of benzene rings is 2. The van der Waals surface area contributed by atoms with Crippen LogP contribution in [0.5, 0.6) is 5.75 Å². The van der Waals surface area contributed by atoms with Crippen molar-refractivity contribution >= 4 is 23.5 Å². The minimum Gasteiger partial charge on any atom is -0.497 e.